The minimum Gasteiger partial charge on any atom is -0.381 e. The van der Waals surface area contributed by atoms with Crippen molar-refractivity contribution in [2.24, 2.45) is 0 Å². The molecule has 0 amide bonds. The van der Waals surface area contributed by atoms with E-state index in [1.54, 1.807) is 4.90 Å². The molecule has 6 nitrogen and oxygen atoms in total. The van der Waals surface area contributed by atoms with Gasteiger partial charge in [0.25, 0.3) is 0 Å². The summed E-state index contributed by atoms with van der Waals surface area (Å²) in [7, 11) is 3.72. The monoisotopic (exact) mass is 287 g/mol. The van der Waals surface area contributed by atoms with Crippen LogP contribution in [0, 0.1) is 0 Å². The fourth-order valence-corrected chi connectivity index (χ4v) is 1.50. The zero-order chi connectivity index (χ0) is 14.1. The highest BCUT2D eigenvalue weighted by Gasteiger charge is 2.05. The summed E-state index contributed by atoms with van der Waals surface area (Å²) in [6.07, 6.45) is 3.18. The Morgan fingerprint density at radius 3 is 2.58 bits per heavy atom. The number of unbranched alkanes of at least 4 members (excludes halogenated alkanes) is 1. The van der Waals surface area contributed by atoms with Gasteiger partial charge in [0.05, 0.1) is 0 Å². The zero-order valence-corrected chi connectivity index (χ0v) is 12.6. The number of halogens is 1. The molecular weight excluding hydrogens is 266 g/mol. The smallest absolute Gasteiger partial charge is 0.230 e. The van der Waals surface area contributed by atoms with Gasteiger partial charge in [-0.05, 0) is 24.4 Å². The van der Waals surface area contributed by atoms with Gasteiger partial charge in [-0.15, -0.1) is 0 Å². The van der Waals surface area contributed by atoms with E-state index in [2.05, 4.69) is 27.2 Å². The number of ether oxygens (including phenoxy) is 1. The fraction of sp³-hybridized carbons (Fsp3) is 0.750. The molecule has 1 heterocycles. The molecule has 0 fully saturated rings. The molecule has 0 unspecified atom stereocenters. The third-order valence-corrected chi connectivity index (χ3v) is 2.56. The average molecular weight is 288 g/mol. The van der Waals surface area contributed by atoms with Crippen LogP contribution in [0.2, 0.25) is 5.28 Å². The van der Waals surface area contributed by atoms with Crippen molar-refractivity contribution in [3.8, 4) is 0 Å². The molecule has 7 heteroatoms. The maximum absolute atomic E-state index is 5.84. The maximum atomic E-state index is 5.84. The minimum absolute atomic E-state index is 0.195. The van der Waals surface area contributed by atoms with Crippen molar-refractivity contribution < 1.29 is 4.74 Å². The molecular formula is C12H22ClN5O. The summed E-state index contributed by atoms with van der Waals surface area (Å²) in [5, 5.41) is 3.31. The second-order valence-corrected chi connectivity index (χ2v) is 4.71. The molecule has 19 heavy (non-hydrogen) atoms. The lowest BCUT2D eigenvalue weighted by Crippen LogP contribution is -2.16. The van der Waals surface area contributed by atoms with E-state index in [9.17, 15) is 0 Å². The molecule has 0 aromatic carbocycles. The van der Waals surface area contributed by atoms with Crippen LogP contribution in [0.15, 0.2) is 0 Å². The summed E-state index contributed by atoms with van der Waals surface area (Å²) in [6.45, 7) is 4.47. The van der Waals surface area contributed by atoms with E-state index in [0.717, 1.165) is 39.0 Å². The standard InChI is InChI=1S/C12H22ClN5O/c1-4-5-8-19-9-6-7-14-11-15-10(13)16-12(17-11)18(2)3/h4-9H2,1-3H3,(H,14,15,16,17). The summed E-state index contributed by atoms with van der Waals surface area (Å²) in [4.78, 5) is 14.1. The van der Waals surface area contributed by atoms with Crippen LogP contribution in [0.5, 0.6) is 0 Å². The topological polar surface area (TPSA) is 63.2 Å². The van der Waals surface area contributed by atoms with Crippen LogP contribution in [-0.2, 0) is 4.74 Å². The largest absolute Gasteiger partial charge is 0.381 e. The Kier molecular flexibility index (Phi) is 7.43. The quantitative estimate of drug-likeness (QED) is 0.703. The van der Waals surface area contributed by atoms with Crippen molar-refractivity contribution in [1.29, 1.82) is 0 Å². The Morgan fingerprint density at radius 1 is 1.16 bits per heavy atom. The SMILES string of the molecule is CCCCOCCCNc1nc(Cl)nc(N(C)C)n1. The number of hydrogen-bond donors (Lipinski definition) is 1. The Labute approximate surface area is 119 Å². The van der Waals surface area contributed by atoms with E-state index >= 15 is 0 Å². The molecule has 0 aliphatic heterocycles. The van der Waals surface area contributed by atoms with Crippen LogP contribution in [0.3, 0.4) is 0 Å². The first-order chi connectivity index (χ1) is 9.13. The molecule has 1 aromatic rings. The second-order valence-electron chi connectivity index (χ2n) is 4.37. The third-order valence-electron chi connectivity index (χ3n) is 2.39. The fourth-order valence-electron chi connectivity index (χ4n) is 1.34. The number of anilines is 2. The number of nitrogens with zero attached hydrogens (tertiary/aromatic N) is 4. The van der Waals surface area contributed by atoms with Crippen LogP contribution in [0.4, 0.5) is 11.9 Å². The van der Waals surface area contributed by atoms with Gasteiger partial charge in [0.15, 0.2) is 0 Å². The van der Waals surface area contributed by atoms with Gasteiger partial charge in [-0.3, -0.25) is 0 Å². The van der Waals surface area contributed by atoms with Gasteiger partial charge < -0.3 is 15.0 Å². The molecule has 0 radical (unpaired) electrons. The summed E-state index contributed by atoms with van der Waals surface area (Å²) < 4.78 is 5.47. The van der Waals surface area contributed by atoms with Crippen LogP contribution in [0.25, 0.3) is 0 Å². The molecule has 1 rings (SSSR count). The first-order valence-electron chi connectivity index (χ1n) is 6.54. The molecule has 0 saturated heterocycles. The lowest BCUT2D eigenvalue weighted by Gasteiger charge is -2.11. The Hall–Kier alpha value is -1.14. The number of nitrogens with one attached hydrogen (secondary N) is 1. The van der Waals surface area contributed by atoms with E-state index in [0.29, 0.717) is 11.9 Å². The zero-order valence-electron chi connectivity index (χ0n) is 11.8. The Balaban J connectivity index is 2.29. The van der Waals surface area contributed by atoms with E-state index in [1.807, 2.05) is 14.1 Å². The van der Waals surface area contributed by atoms with Crippen molar-refractivity contribution in [2.75, 3.05) is 44.1 Å². The Morgan fingerprint density at radius 2 is 1.89 bits per heavy atom. The number of aromatic nitrogens is 3. The van der Waals surface area contributed by atoms with E-state index < -0.39 is 0 Å². The van der Waals surface area contributed by atoms with E-state index in [-0.39, 0.29) is 5.28 Å². The molecule has 0 aliphatic carbocycles. The predicted molar refractivity (Wildman–Crippen MR) is 78.0 cm³/mol. The highest BCUT2D eigenvalue weighted by Crippen LogP contribution is 2.11. The highest BCUT2D eigenvalue weighted by atomic mass is 35.5. The molecule has 0 spiro atoms. The summed E-state index contributed by atoms with van der Waals surface area (Å²) in [5.74, 6) is 1.04. The molecule has 108 valence electrons. The molecule has 0 aliphatic rings. The Bertz CT molecular complexity index is 375. The van der Waals surface area contributed by atoms with Crippen LogP contribution in [-0.4, -0.2) is 48.8 Å². The van der Waals surface area contributed by atoms with E-state index in [4.69, 9.17) is 16.3 Å². The maximum Gasteiger partial charge on any atom is 0.230 e. The molecule has 0 bridgehead atoms. The lowest BCUT2D eigenvalue weighted by molar-refractivity contribution is 0.131. The minimum atomic E-state index is 0.195. The summed E-state index contributed by atoms with van der Waals surface area (Å²) >= 11 is 5.84. The van der Waals surface area contributed by atoms with Crippen LogP contribution >= 0.6 is 11.6 Å². The highest BCUT2D eigenvalue weighted by molar-refractivity contribution is 6.28. The van der Waals surface area contributed by atoms with Gasteiger partial charge in [-0.2, -0.15) is 15.0 Å². The first-order valence-corrected chi connectivity index (χ1v) is 6.91. The van der Waals surface area contributed by atoms with Gasteiger partial charge >= 0.3 is 0 Å². The van der Waals surface area contributed by atoms with Gasteiger partial charge in [0.1, 0.15) is 0 Å². The summed E-state index contributed by atoms with van der Waals surface area (Å²) in [5.41, 5.74) is 0. The molecule has 1 N–H and O–H groups in total. The van der Waals surface area contributed by atoms with Crippen molar-refractivity contribution in [3.05, 3.63) is 5.28 Å². The van der Waals surface area contributed by atoms with Crippen molar-refractivity contribution in [2.45, 2.75) is 26.2 Å². The van der Waals surface area contributed by atoms with Gasteiger partial charge in [0, 0.05) is 33.9 Å². The summed E-state index contributed by atoms with van der Waals surface area (Å²) in [6, 6.07) is 0. The third kappa shape index (κ3) is 6.54. The van der Waals surface area contributed by atoms with Crippen molar-refractivity contribution in [1.82, 2.24) is 15.0 Å². The van der Waals surface area contributed by atoms with Crippen LogP contribution in [0.1, 0.15) is 26.2 Å². The molecule has 1 aromatic heterocycles. The van der Waals surface area contributed by atoms with Gasteiger partial charge in [-0.25, -0.2) is 0 Å². The predicted octanol–water partition coefficient (Wildman–Crippen LogP) is 2.21. The first kappa shape index (κ1) is 15.9. The van der Waals surface area contributed by atoms with Gasteiger partial charge in [0.2, 0.25) is 17.2 Å². The molecule has 0 saturated carbocycles. The van der Waals surface area contributed by atoms with Crippen molar-refractivity contribution in [3.63, 3.8) is 0 Å². The van der Waals surface area contributed by atoms with E-state index in [1.165, 1.54) is 0 Å². The number of hydrogen-bond acceptors (Lipinski definition) is 6. The van der Waals surface area contributed by atoms with Crippen molar-refractivity contribution >= 4 is 23.5 Å². The second kappa shape index (κ2) is 8.87. The average Bonchev–Trinajstić information content (AvgIpc) is 2.37. The number of rotatable bonds is 9. The molecule has 0 atom stereocenters. The lowest BCUT2D eigenvalue weighted by atomic mass is 10.4. The van der Waals surface area contributed by atoms with Gasteiger partial charge in [-0.1, -0.05) is 13.3 Å². The van der Waals surface area contributed by atoms with Crippen LogP contribution < -0.4 is 10.2 Å². The normalized spacial score (nSPS) is 10.5.